The number of carbonyl (C=O) groups excluding carboxylic acids is 1. The third kappa shape index (κ3) is 4.03. The van der Waals surface area contributed by atoms with E-state index >= 15 is 0 Å². The molecule has 0 atom stereocenters. The lowest BCUT2D eigenvalue weighted by Crippen LogP contribution is -2.41. The first-order valence-electron chi connectivity index (χ1n) is 8.41. The molecule has 3 rings (SSSR count). The van der Waals surface area contributed by atoms with Gasteiger partial charge < -0.3 is 5.32 Å². The van der Waals surface area contributed by atoms with Gasteiger partial charge in [-0.2, -0.15) is 4.31 Å². The summed E-state index contributed by atoms with van der Waals surface area (Å²) in [6.07, 6.45) is 1.06. The van der Waals surface area contributed by atoms with Crippen LogP contribution < -0.4 is 5.32 Å². The largest absolute Gasteiger partial charge is 0.326 e. The van der Waals surface area contributed by atoms with Gasteiger partial charge in [0.1, 0.15) is 4.21 Å². The van der Waals surface area contributed by atoms with E-state index in [0.717, 1.165) is 20.6 Å². The molecule has 1 aliphatic rings. The molecule has 140 valence electrons. The van der Waals surface area contributed by atoms with Crippen LogP contribution in [0.25, 0.3) is 0 Å². The molecule has 0 aliphatic carbocycles. The molecule has 1 aliphatic heterocycles. The molecule has 1 saturated heterocycles. The highest BCUT2D eigenvalue weighted by molar-refractivity contribution is 9.11. The van der Waals surface area contributed by atoms with Crippen molar-refractivity contribution < 1.29 is 13.2 Å². The maximum absolute atomic E-state index is 12.7. The van der Waals surface area contributed by atoms with Crippen LogP contribution in [-0.4, -0.2) is 31.7 Å². The number of sulfonamides is 1. The maximum Gasteiger partial charge on any atom is 0.252 e. The Hall–Kier alpha value is -1.22. The minimum Gasteiger partial charge on any atom is -0.326 e. The van der Waals surface area contributed by atoms with Crippen molar-refractivity contribution in [3.8, 4) is 0 Å². The third-order valence-electron chi connectivity index (χ3n) is 4.83. The third-order valence-corrected chi connectivity index (χ3v) is 8.82. The van der Waals surface area contributed by atoms with Crippen LogP contribution in [0.2, 0.25) is 0 Å². The van der Waals surface area contributed by atoms with Crippen molar-refractivity contribution in [1.29, 1.82) is 0 Å². The number of thiophene rings is 1. The van der Waals surface area contributed by atoms with Gasteiger partial charge in [0.05, 0.1) is 3.79 Å². The Morgan fingerprint density at radius 1 is 1.19 bits per heavy atom. The fourth-order valence-corrected chi connectivity index (χ4v) is 6.68. The summed E-state index contributed by atoms with van der Waals surface area (Å²) < 4.78 is 27.9. The van der Waals surface area contributed by atoms with E-state index in [1.54, 1.807) is 12.1 Å². The molecule has 8 heteroatoms. The van der Waals surface area contributed by atoms with Crippen LogP contribution in [0, 0.1) is 19.8 Å². The molecule has 2 aromatic rings. The number of nitrogens with one attached hydrogen (secondary N) is 1. The van der Waals surface area contributed by atoms with Crippen LogP contribution in [0.5, 0.6) is 0 Å². The van der Waals surface area contributed by atoms with Crippen LogP contribution in [0.4, 0.5) is 5.69 Å². The fraction of sp³-hybridized carbons (Fsp3) is 0.389. The Morgan fingerprint density at radius 3 is 2.50 bits per heavy atom. The highest BCUT2D eigenvalue weighted by Crippen LogP contribution is 2.31. The molecule has 0 saturated carbocycles. The van der Waals surface area contributed by atoms with Crippen molar-refractivity contribution >= 4 is 48.9 Å². The van der Waals surface area contributed by atoms with Gasteiger partial charge in [-0.15, -0.1) is 11.3 Å². The predicted molar refractivity (Wildman–Crippen MR) is 108 cm³/mol. The zero-order valence-electron chi connectivity index (χ0n) is 14.7. The number of benzene rings is 1. The topological polar surface area (TPSA) is 66.5 Å². The van der Waals surface area contributed by atoms with Gasteiger partial charge >= 0.3 is 0 Å². The zero-order valence-corrected chi connectivity index (χ0v) is 17.9. The van der Waals surface area contributed by atoms with Gasteiger partial charge in [-0.25, -0.2) is 8.42 Å². The summed E-state index contributed by atoms with van der Waals surface area (Å²) in [6, 6.07) is 9.18. The molecular formula is C18H21BrN2O3S2. The van der Waals surface area contributed by atoms with E-state index < -0.39 is 10.0 Å². The van der Waals surface area contributed by atoms with Gasteiger partial charge in [-0.1, -0.05) is 12.1 Å². The second-order valence-corrected chi connectivity index (χ2v) is 11.1. The Kier molecular flexibility index (Phi) is 5.86. The number of carbonyl (C=O) groups is 1. The van der Waals surface area contributed by atoms with Gasteiger partial charge in [0.15, 0.2) is 0 Å². The number of anilines is 1. The highest BCUT2D eigenvalue weighted by Gasteiger charge is 2.33. The van der Waals surface area contributed by atoms with Crippen molar-refractivity contribution in [1.82, 2.24) is 4.31 Å². The van der Waals surface area contributed by atoms with Crippen molar-refractivity contribution in [2.45, 2.75) is 30.9 Å². The van der Waals surface area contributed by atoms with Crippen molar-refractivity contribution in [2.24, 2.45) is 5.92 Å². The van der Waals surface area contributed by atoms with E-state index in [-0.39, 0.29) is 11.8 Å². The first-order chi connectivity index (χ1) is 12.3. The molecule has 1 aromatic heterocycles. The SMILES string of the molecule is Cc1cccc(NC(=O)C2CCN(S(=O)(=O)c3ccc(Br)s3)CC2)c1C. The number of hydrogen-bond acceptors (Lipinski definition) is 4. The monoisotopic (exact) mass is 456 g/mol. The van der Waals surface area contributed by atoms with E-state index in [0.29, 0.717) is 30.1 Å². The van der Waals surface area contributed by atoms with Crippen LogP contribution in [0.15, 0.2) is 38.3 Å². The molecule has 1 amide bonds. The number of halogens is 1. The number of rotatable bonds is 4. The number of piperidine rings is 1. The van der Waals surface area contributed by atoms with Gasteiger partial charge in [0.2, 0.25) is 5.91 Å². The highest BCUT2D eigenvalue weighted by atomic mass is 79.9. The van der Waals surface area contributed by atoms with Crippen molar-refractivity contribution in [3.05, 3.63) is 45.2 Å². The molecular weight excluding hydrogens is 436 g/mol. The predicted octanol–water partition coefficient (Wildman–Crippen LogP) is 4.17. The molecule has 1 N–H and O–H groups in total. The van der Waals surface area contributed by atoms with E-state index in [9.17, 15) is 13.2 Å². The number of hydrogen-bond donors (Lipinski definition) is 1. The lowest BCUT2D eigenvalue weighted by atomic mass is 9.97. The molecule has 0 radical (unpaired) electrons. The molecule has 1 aromatic carbocycles. The van der Waals surface area contributed by atoms with Crippen LogP contribution in [0.3, 0.4) is 0 Å². The Morgan fingerprint density at radius 2 is 1.88 bits per heavy atom. The number of nitrogens with zero attached hydrogens (tertiary/aromatic N) is 1. The summed E-state index contributed by atoms with van der Waals surface area (Å²) in [7, 11) is -3.47. The van der Waals surface area contributed by atoms with Crippen molar-refractivity contribution in [2.75, 3.05) is 18.4 Å². The normalized spacial score (nSPS) is 16.6. The second kappa shape index (κ2) is 7.80. The molecule has 0 bridgehead atoms. The Bertz CT molecular complexity index is 916. The standard InChI is InChI=1S/C18H21BrN2O3S2/c1-12-4-3-5-15(13(12)2)20-18(22)14-8-10-21(11-9-14)26(23,24)17-7-6-16(19)25-17/h3-7,14H,8-11H2,1-2H3,(H,20,22). The first kappa shape index (κ1) is 19.5. The smallest absolute Gasteiger partial charge is 0.252 e. The lowest BCUT2D eigenvalue weighted by molar-refractivity contribution is -0.120. The molecule has 5 nitrogen and oxygen atoms in total. The summed E-state index contributed by atoms with van der Waals surface area (Å²) in [5.74, 6) is -0.203. The quantitative estimate of drug-likeness (QED) is 0.750. The summed E-state index contributed by atoms with van der Waals surface area (Å²) >= 11 is 4.51. The van der Waals surface area contributed by atoms with Gasteiger partial charge in [-0.3, -0.25) is 4.79 Å². The Balaban J connectivity index is 1.63. The zero-order chi connectivity index (χ0) is 18.9. The minimum absolute atomic E-state index is 0.0328. The average Bonchev–Trinajstić information content (AvgIpc) is 3.06. The van der Waals surface area contributed by atoms with E-state index in [1.807, 2.05) is 32.0 Å². The van der Waals surface area contributed by atoms with Crippen molar-refractivity contribution in [3.63, 3.8) is 0 Å². The van der Waals surface area contributed by atoms with Crippen LogP contribution in [0.1, 0.15) is 24.0 Å². The number of aryl methyl sites for hydroxylation is 1. The summed E-state index contributed by atoms with van der Waals surface area (Å²) in [5.41, 5.74) is 3.02. The summed E-state index contributed by atoms with van der Waals surface area (Å²) in [6.45, 7) is 4.72. The van der Waals surface area contributed by atoms with E-state index in [2.05, 4.69) is 21.2 Å². The maximum atomic E-state index is 12.7. The fourth-order valence-electron chi connectivity index (χ4n) is 3.04. The summed E-state index contributed by atoms with van der Waals surface area (Å²) in [4.78, 5) is 12.6. The van der Waals surface area contributed by atoms with E-state index in [1.165, 1.54) is 15.6 Å². The molecule has 26 heavy (non-hydrogen) atoms. The van der Waals surface area contributed by atoms with Gasteiger partial charge in [-0.05, 0) is 71.9 Å². The number of amides is 1. The molecule has 0 unspecified atom stereocenters. The van der Waals surface area contributed by atoms with Gasteiger partial charge in [0, 0.05) is 24.7 Å². The second-order valence-electron chi connectivity index (χ2n) is 6.47. The summed E-state index contributed by atoms with van der Waals surface area (Å²) in [5, 5.41) is 3.00. The van der Waals surface area contributed by atoms with Gasteiger partial charge in [0.25, 0.3) is 10.0 Å². The molecule has 2 heterocycles. The minimum atomic E-state index is -3.47. The lowest BCUT2D eigenvalue weighted by Gasteiger charge is -2.30. The van der Waals surface area contributed by atoms with E-state index in [4.69, 9.17) is 0 Å². The Labute approximate surface area is 166 Å². The van der Waals surface area contributed by atoms with Crippen LogP contribution >= 0.6 is 27.3 Å². The van der Waals surface area contributed by atoms with Crippen LogP contribution in [-0.2, 0) is 14.8 Å². The molecule has 0 spiro atoms. The average molecular weight is 457 g/mol. The first-order valence-corrected chi connectivity index (χ1v) is 11.5. The molecule has 1 fully saturated rings.